The van der Waals surface area contributed by atoms with Crippen LogP contribution in [0.3, 0.4) is 0 Å². The number of nitrogens with zero attached hydrogens (tertiary/aromatic N) is 4. The van der Waals surface area contributed by atoms with Gasteiger partial charge in [0.2, 0.25) is 0 Å². The number of aliphatic hydroxyl groups is 2. The molecule has 0 amide bonds. The number of nitrogen functional groups attached to an aromatic ring is 1. The fourth-order valence-corrected chi connectivity index (χ4v) is 3.08. The van der Waals surface area contributed by atoms with E-state index >= 15 is 0 Å². The molecule has 0 unspecified atom stereocenters. The molecule has 1 saturated heterocycles. The molecular weight excluding hydrogens is 358 g/mol. The van der Waals surface area contributed by atoms with Crippen LogP contribution in [0.2, 0.25) is 0 Å². The number of fused-ring (bicyclic) bond motifs is 1. The molecule has 0 aliphatic carbocycles. The summed E-state index contributed by atoms with van der Waals surface area (Å²) in [6.45, 7) is 0.424. The first-order chi connectivity index (χ1) is 12.9. The summed E-state index contributed by atoms with van der Waals surface area (Å²) in [6.07, 6.45) is -0.677. The van der Waals surface area contributed by atoms with Gasteiger partial charge in [-0.15, -0.1) is 0 Å². The van der Waals surface area contributed by atoms with E-state index in [0.717, 1.165) is 0 Å². The van der Waals surface area contributed by atoms with E-state index in [1.807, 2.05) is 0 Å². The molecule has 12 nitrogen and oxygen atoms in total. The van der Waals surface area contributed by atoms with Crippen LogP contribution in [-0.4, -0.2) is 78.3 Å². The van der Waals surface area contributed by atoms with Gasteiger partial charge in [0.1, 0.15) is 36.2 Å². The van der Waals surface area contributed by atoms with Crippen LogP contribution in [-0.2, 0) is 9.53 Å². The molecule has 12 heteroatoms. The lowest BCUT2D eigenvalue weighted by atomic mass is 10.1. The molecule has 2 aromatic rings. The highest BCUT2D eigenvalue weighted by molar-refractivity contribution is 5.81. The molecule has 27 heavy (non-hydrogen) atoms. The Labute approximate surface area is 154 Å². The highest BCUT2D eigenvalue weighted by Gasteiger charge is 2.44. The molecule has 148 valence electrons. The van der Waals surface area contributed by atoms with Gasteiger partial charge >= 0.3 is 5.97 Å². The van der Waals surface area contributed by atoms with Crippen molar-refractivity contribution in [3.63, 3.8) is 0 Å². The van der Waals surface area contributed by atoms with Gasteiger partial charge in [-0.05, 0) is 19.4 Å². The molecule has 0 spiro atoms. The van der Waals surface area contributed by atoms with Gasteiger partial charge in [0.15, 0.2) is 17.7 Å². The van der Waals surface area contributed by atoms with Crippen LogP contribution in [0.25, 0.3) is 11.2 Å². The lowest BCUT2D eigenvalue weighted by Gasteiger charge is -2.19. The normalized spacial score (nSPS) is 26.5. The Morgan fingerprint density at radius 2 is 2.11 bits per heavy atom. The van der Waals surface area contributed by atoms with Gasteiger partial charge in [-0.25, -0.2) is 15.0 Å². The van der Waals surface area contributed by atoms with Crippen LogP contribution in [0, 0.1) is 0 Å². The molecule has 3 rings (SSSR count). The summed E-state index contributed by atoms with van der Waals surface area (Å²) in [5, 5.41) is 32.8. The number of aliphatic hydroxyl groups excluding tert-OH is 2. The molecule has 1 fully saturated rings. The summed E-state index contributed by atoms with van der Waals surface area (Å²) >= 11 is 0. The predicted octanol–water partition coefficient (Wildman–Crippen LogP) is -2.19. The third-order valence-corrected chi connectivity index (χ3v) is 4.56. The van der Waals surface area contributed by atoms with Crippen molar-refractivity contribution in [3.05, 3.63) is 12.7 Å². The number of anilines is 1. The van der Waals surface area contributed by atoms with Crippen LogP contribution in [0.1, 0.15) is 19.1 Å². The van der Waals surface area contributed by atoms with Gasteiger partial charge in [-0.3, -0.25) is 9.36 Å². The van der Waals surface area contributed by atoms with E-state index in [9.17, 15) is 20.1 Å². The fraction of sp³-hybridized carbons (Fsp3) is 0.600. The van der Waals surface area contributed by atoms with Gasteiger partial charge in [-0.2, -0.15) is 0 Å². The molecule has 1 aliphatic rings. The molecule has 1 aliphatic heterocycles. The van der Waals surface area contributed by atoms with E-state index in [0.29, 0.717) is 30.6 Å². The Morgan fingerprint density at radius 3 is 2.81 bits per heavy atom. The lowest BCUT2D eigenvalue weighted by Crippen LogP contribution is -2.44. The summed E-state index contributed by atoms with van der Waals surface area (Å²) in [5.74, 6) is -0.824. The zero-order valence-electron chi connectivity index (χ0n) is 14.5. The van der Waals surface area contributed by atoms with Crippen molar-refractivity contribution < 1.29 is 24.9 Å². The van der Waals surface area contributed by atoms with Crippen molar-refractivity contribution >= 4 is 23.0 Å². The number of carbonyl (C=O) groups is 1. The molecule has 8 N–H and O–H groups in total. The third-order valence-electron chi connectivity index (χ3n) is 4.56. The van der Waals surface area contributed by atoms with Crippen LogP contribution < -0.4 is 16.8 Å². The molecule has 0 aromatic carbocycles. The number of aliphatic carboxylic acids is 1. The topological polar surface area (TPSA) is 195 Å². The van der Waals surface area contributed by atoms with Gasteiger partial charge in [-0.1, -0.05) is 0 Å². The number of hydrogen-bond acceptors (Lipinski definition) is 10. The van der Waals surface area contributed by atoms with E-state index in [-0.39, 0.29) is 12.4 Å². The molecule has 3 heterocycles. The van der Waals surface area contributed by atoms with Crippen molar-refractivity contribution in [2.75, 3.05) is 18.8 Å². The number of imidazole rings is 1. The zero-order chi connectivity index (χ0) is 19.6. The maximum absolute atomic E-state index is 11.3. The minimum Gasteiger partial charge on any atom is -0.480 e. The quantitative estimate of drug-likeness (QED) is 0.290. The number of aromatic nitrogens is 4. The van der Waals surface area contributed by atoms with E-state index in [1.165, 1.54) is 17.2 Å². The lowest BCUT2D eigenvalue weighted by molar-refractivity contribution is -0.140. The summed E-state index contributed by atoms with van der Waals surface area (Å²) in [7, 11) is 0. The van der Waals surface area contributed by atoms with Crippen LogP contribution in [0.15, 0.2) is 12.7 Å². The first-order valence-corrected chi connectivity index (χ1v) is 8.55. The Kier molecular flexibility index (Phi) is 5.82. The summed E-state index contributed by atoms with van der Waals surface area (Å²) in [4.78, 5) is 23.3. The van der Waals surface area contributed by atoms with Crippen molar-refractivity contribution in [1.29, 1.82) is 0 Å². The third kappa shape index (κ3) is 3.84. The van der Waals surface area contributed by atoms with E-state index in [4.69, 9.17) is 16.2 Å². The van der Waals surface area contributed by atoms with Gasteiger partial charge in [0.25, 0.3) is 0 Å². The number of hydrogen-bond donors (Lipinski definition) is 6. The molecule has 2 aromatic heterocycles. The van der Waals surface area contributed by atoms with Crippen molar-refractivity contribution in [2.45, 2.75) is 43.4 Å². The molecule has 0 bridgehead atoms. The molecule has 5 atom stereocenters. The average Bonchev–Trinajstić information content (AvgIpc) is 3.18. The fourth-order valence-electron chi connectivity index (χ4n) is 3.08. The summed E-state index contributed by atoms with van der Waals surface area (Å²) in [6, 6.07) is -0.817. The molecular formula is C15H23N7O5. The van der Waals surface area contributed by atoms with Crippen LogP contribution >= 0.6 is 0 Å². The largest absolute Gasteiger partial charge is 0.480 e. The van der Waals surface area contributed by atoms with Crippen molar-refractivity contribution in [3.8, 4) is 0 Å². The monoisotopic (exact) mass is 381 g/mol. The second kappa shape index (κ2) is 8.10. The van der Waals surface area contributed by atoms with E-state index < -0.39 is 36.6 Å². The standard InChI is InChI=1S/C15H23N7O5/c16-3-1-2-7(15(25)26)18-4-8-10(23)11(24)14(27-8)22-6-21-9-12(17)19-5-20-13(9)22/h5-8,10-11,14,18,23-24H,1-4,16H2,(H,25,26)(H2,17,19,20)/t7-,8+,10+,11+,14+/m0/s1. The second-order valence-corrected chi connectivity index (χ2v) is 6.36. The number of rotatable bonds is 8. The number of carboxylic acid groups (broad SMARTS) is 1. The SMILES string of the molecule is NCCC[C@H](NC[C@H]1O[C@@H](n2cnc3c(N)ncnc32)[C@H](O)[C@@H]1O)C(=O)O. The number of ether oxygens (including phenoxy) is 1. The predicted molar refractivity (Wildman–Crippen MR) is 93.4 cm³/mol. The number of carboxylic acids is 1. The Balaban J connectivity index is 1.71. The van der Waals surface area contributed by atoms with E-state index in [2.05, 4.69) is 20.3 Å². The zero-order valence-corrected chi connectivity index (χ0v) is 14.5. The number of nitrogens with one attached hydrogen (secondary N) is 1. The minimum absolute atomic E-state index is 0.0417. The maximum Gasteiger partial charge on any atom is 0.320 e. The second-order valence-electron chi connectivity index (χ2n) is 6.36. The van der Waals surface area contributed by atoms with Crippen molar-refractivity contribution in [1.82, 2.24) is 24.8 Å². The Morgan fingerprint density at radius 1 is 1.33 bits per heavy atom. The van der Waals surface area contributed by atoms with E-state index in [1.54, 1.807) is 0 Å². The first kappa shape index (κ1) is 19.4. The number of nitrogens with two attached hydrogens (primary N) is 2. The Hall–Kier alpha value is -2.38. The first-order valence-electron chi connectivity index (χ1n) is 8.55. The average molecular weight is 381 g/mol. The minimum atomic E-state index is -1.25. The smallest absolute Gasteiger partial charge is 0.320 e. The summed E-state index contributed by atoms with van der Waals surface area (Å²) in [5.41, 5.74) is 11.9. The van der Waals surface area contributed by atoms with Crippen LogP contribution in [0.5, 0.6) is 0 Å². The van der Waals surface area contributed by atoms with Gasteiger partial charge in [0, 0.05) is 6.54 Å². The molecule has 0 radical (unpaired) electrons. The van der Waals surface area contributed by atoms with Crippen molar-refractivity contribution in [2.24, 2.45) is 5.73 Å². The summed E-state index contributed by atoms with van der Waals surface area (Å²) < 4.78 is 7.22. The Bertz CT molecular complexity index is 800. The van der Waals surface area contributed by atoms with Gasteiger partial charge < -0.3 is 36.8 Å². The molecule has 0 saturated carbocycles. The van der Waals surface area contributed by atoms with Crippen LogP contribution in [0.4, 0.5) is 5.82 Å². The maximum atomic E-state index is 11.3. The highest BCUT2D eigenvalue weighted by atomic mass is 16.6. The highest BCUT2D eigenvalue weighted by Crippen LogP contribution is 2.31. The van der Waals surface area contributed by atoms with Gasteiger partial charge in [0.05, 0.1) is 6.33 Å².